The molecule has 17 heavy (non-hydrogen) atoms. The van der Waals surface area contributed by atoms with E-state index < -0.39 is 9.05 Å². The fourth-order valence-corrected chi connectivity index (χ4v) is 2.74. The molecule has 0 saturated carbocycles. The molecular formula is C10H15ClN2O3S. The zero-order valence-electron chi connectivity index (χ0n) is 9.76. The van der Waals surface area contributed by atoms with Crippen LogP contribution in [0.1, 0.15) is 25.6 Å². The molecule has 0 N–H and O–H groups in total. The maximum absolute atomic E-state index is 11.1. The molecule has 2 rings (SSSR count). The number of rotatable bonds is 3. The lowest BCUT2D eigenvalue weighted by Gasteiger charge is -2.12. The molecule has 7 heteroatoms. The highest BCUT2D eigenvalue weighted by atomic mass is 35.7. The highest BCUT2D eigenvalue weighted by molar-refractivity contribution is 8.13. The summed E-state index contributed by atoms with van der Waals surface area (Å²) in [6.45, 7) is 4.41. The van der Waals surface area contributed by atoms with Crippen LogP contribution in [0.4, 0.5) is 0 Å². The van der Waals surface area contributed by atoms with Crippen LogP contribution in [0.5, 0.6) is 0 Å². The predicted molar refractivity (Wildman–Crippen MR) is 63.6 cm³/mol. The number of aromatic nitrogens is 2. The number of aryl methyl sites for hydroxylation is 1. The molecule has 2 heterocycles. The van der Waals surface area contributed by atoms with Crippen molar-refractivity contribution in [3.8, 4) is 0 Å². The third-order valence-electron chi connectivity index (χ3n) is 2.92. The molecule has 1 saturated heterocycles. The molecule has 0 aliphatic carbocycles. The largest absolute Gasteiger partial charge is 0.373 e. The Hall–Kier alpha value is -0.590. The van der Waals surface area contributed by atoms with E-state index in [4.69, 9.17) is 15.4 Å². The SMILES string of the molecule is Cc1nc(S(=O)(=O)Cl)cn1CC1CCC(C)O1. The van der Waals surface area contributed by atoms with E-state index >= 15 is 0 Å². The first-order valence-electron chi connectivity index (χ1n) is 5.50. The molecule has 5 nitrogen and oxygen atoms in total. The van der Waals surface area contributed by atoms with Crippen molar-refractivity contribution in [2.45, 2.75) is 50.5 Å². The van der Waals surface area contributed by atoms with Crippen LogP contribution in [-0.4, -0.2) is 30.2 Å². The molecule has 1 aliphatic rings. The van der Waals surface area contributed by atoms with Crippen molar-refractivity contribution in [1.82, 2.24) is 9.55 Å². The molecule has 0 radical (unpaired) electrons. The smallest absolute Gasteiger partial charge is 0.280 e. The van der Waals surface area contributed by atoms with Crippen LogP contribution >= 0.6 is 10.7 Å². The summed E-state index contributed by atoms with van der Waals surface area (Å²) in [7, 11) is 1.50. The van der Waals surface area contributed by atoms with Crippen molar-refractivity contribution in [3.05, 3.63) is 12.0 Å². The zero-order chi connectivity index (χ0) is 12.6. The lowest BCUT2D eigenvalue weighted by atomic mass is 10.2. The van der Waals surface area contributed by atoms with Gasteiger partial charge in [0, 0.05) is 16.9 Å². The van der Waals surface area contributed by atoms with Gasteiger partial charge in [0.15, 0.2) is 5.03 Å². The van der Waals surface area contributed by atoms with E-state index in [0.717, 1.165) is 12.8 Å². The van der Waals surface area contributed by atoms with Gasteiger partial charge in [0.2, 0.25) is 0 Å². The van der Waals surface area contributed by atoms with Crippen molar-refractivity contribution in [3.63, 3.8) is 0 Å². The van der Waals surface area contributed by atoms with Gasteiger partial charge in [0.25, 0.3) is 9.05 Å². The fraction of sp³-hybridized carbons (Fsp3) is 0.700. The van der Waals surface area contributed by atoms with E-state index in [1.54, 1.807) is 11.5 Å². The quantitative estimate of drug-likeness (QED) is 0.790. The number of hydrogen-bond donors (Lipinski definition) is 0. The maximum atomic E-state index is 11.1. The van der Waals surface area contributed by atoms with Gasteiger partial charge in [-0.05, 0) is 26.7 Å². The first-order valence-corrected chi connectivity index (χ1v) is 7.81. The number of ether oxygens (including phenoxy) is 1. The van der Waals surface area contributed by atoms with Gasteiger partial charge in [-0.25, -0.2) is 13.4 Å². The highest BCUT2D eigenvalue weighted by Crippen LogP contribution is 2.22. The number of nitrogens with zero attached hydrogens (tertiary/aromatic N) is 2. The van der Waals surface area contributed by atoms with Gasteiger partial charge in [0.1, 0.15) is 5.82 Å². The summed E-state index contributed by atoms with van der Waals surface area (Å²) in [5.74, 6) is 0.632. The monoisotopic (exact) mass is 278 g/mol. The predicted octanol–water partition coefficient (Wildman–Crippen LogP) is 1.69. The maximum Gasteiger partial charge on any atom is 0.280 e. The van der Waals surface area contributed by atoms with Gasteiger partial charge in [-0.1, -0.05) is 0 Å². The first-order chi connectivity index (χ1) is 7.86. The van der Waals surface area contributed by atoms with Crippen LogP contribution < -0.4 is 0 Å². The van der Waals surface area contributed by atoms with Crippen LogP contribution in [0, 0.1) is 6.92 Å². The Morgan fingerprint density at radius 3 is 2.76 bits per heavy atom. The lowest BCUT2D eigenvalue weighted by Crippen LogP contribution is -2.16. The first kappa shape index (κ1) is 12.9. The normalized spacial score (nSPS) is 25.4. The van der Waals surface area contributed by atoms with Gasteiger partial charge in [-0.2, -0.15) is 0 Å². The summed E-state index contributed by atoms with van der Waals surface area (Å²) in [4.78, 5) is 3.93. The van der Waals surface area contributed by atoms with E-state index in [1.807, 2.05) is 6.92 Å². The van der Waals surface area contributed by atoms with Crippen molar-refractivity contribution in [1.29, 1.82) is 0 Å². The molecule has 2 unspecified atom stereocenters. The van der Waals surface area contributed by atoms with Crippen molar-refractivity contribution in [2.24, 2.45) is 0 Å². The summed E-state index contributed by atoms with van der Waals surface area (Å²) in [5, 5.41) is -0.0947. The highest BCUT2D eigenvalue weighted by Gasteiger charge is 2.24. The standard InChI is InChI=1S/C10H15ClN2O3S/c1-7-3-4-9(16-7)5-13-6-10(12-8(13)2)17(11,14)15/h6-7,9H,3-5H2,1-2H3. The van der Waals surface area contributed by atoms with Crippen molar-refractivity contribution >= 4 is 19.7 Å². The fourth-order valence-electron chi connectivity index (χ4n) is 2.02. The third kappa shape index (κ3) is 3.00. The second-order valence-electron chi connectivity index (χ2n) is 4.36. The Kier molecular flexibility index (Phi) is 3.47. The van der Waals surface area contributed by atoms with Gasteiger partial charge >= 0.3 is 0 Å². The zero-order valence-corrected chi connectivity index (χ0v) is 11.3. The van der Waals surface area contributed by atoms with Gasteiger partial charge in [0.05, 0.1) is 18.8 Å². The molecule has 0 amide bonds. The van der Waals surface area contributed by atoms with Crippen molar-refractivity contribution in [2.75, 3.05) is 0 Å². The molecule has 2 atom stereocenters. The summed E-state index contributed by atoms with van der Waals surface area (Å²) in [6, 6.07) is 0. The van der Waals surface area contributed by atoms with E-state index in [-0.39, 0.29) is 17.2 Å². The van der Waals surface area contributed by atoms with Crippen molar-refractivity contribution < 1.29 is 13.2 Å². The molecule has 1 aromatic rings. The molecule has 96 valence electrons. The molecule has 0 bridgehead atoms. The molecule has 1 aliphatic heterocycles. The number of imidazole rings is 1. The summed E-state index contributed by atoms with van der Waals surface area (Å²) < 4.78 is 29.8. The van der Waals surface area contributed by atoms with E-state index in [9.17, 15) is 8.42 Å². The van der Waals surface area contributed by atoms with E-state index in [1.165, 1.54) is 6.20 Å². The molecule has 0 aromatic carbocycles. The number of halogens is 1. The Labute approximate surface area is 105 Å². The van der Waals surface area contributed by atoms with E-state index in [0.29, 0.717) is 12.4 Å². The minimum absolute atomic E-state index is 0.0947. The minimum atomic E-state index is -3.75. The van der Waals surface area contributed by atoms with Crippen LogP contribution in [0.2, 0.25) is 0 Å². The average molecular weight is 279 g/mol. The van der Waals surface area contributed by atoms with E-state index in [2.05, 4.69) is 4.98 Å². The second-order valence-corrected chi connectivity index (χ2v) is 6.88. The molecule has 0 spiro atoms. The average Bonchev–Trinajstić information content (AvgIpc) is 2.74. The van der Waals surface area contributed by atoms with Crippen LogP contribution in [0.15, 0.2) is 11.2 Å². The summed E-state index contributed by atoms with van der Waals surface area (Å²) >= 11 is 0. The Balaban J connectivity index is 2.14. The minimum Gasteiger partial charge on any atom is -0.373 e. The van der Waals surface area contributed by atoms with Gasteiger partial charge in [-0.3, -0.25) is 0 Å². The second kappa shape index (κ2) is 4.59. The number of hydrogen-bond acceptors (Lipinski definition) is 4. The molecule has 1 fully saturated rings. The summed E-state index contributed by atoms with van der Waals surface area (Å²) in [5.41, 5.74) is 0. The lowest BCUT2D eigenvalue weighted by molar-refractivity contribution is 0.0454. The Bertz CT molecular complexity index is 512. The van der Waals surface area contributed by atoms with Gasteiger partial charge < -0.3 is 9.30 Å². The molecule has 1 aromatic heterocycles. The summed E-state index contributed by atoms with van der Waals surface area (Å²) in [6.07, 6.45) is 3.90. The molecular weight excluding hydrogens is 264 g/mol. The van der Waals surface area contributed by atoms with Crippen LogP contribution in [-0.2, 0) is 20.3 Å². The van der Waals surface area contributed by atoms with Crippen LogP contribution in [0.3, 0.4) is 0 Å². The van der Waals surface area contributed by atoms with Crippen LogP contribution in [0.25, 0.3) is 0 Å². The van der Waals surface area contributed by atoms with Gasteiger partial charge in [-0.15, -0.1) is 0 Å². The Morgan fingerprint density at radius 1 is 1.59 bits per heavy atom. The third-order valence-corrected chi connectivity index (χ3v) is 4.09. The topological polar surface area (TPSA) is 61.2 Å². The Morgan fingerprint density at radius 2 is 2.29 bits per heavy atom.